The molecule has 3 heteroatoms. The minimum Gasteiger partial charge on any atom is -0.299 e. The SMILES string of the molecule is Cc1ccc(CC(=O)CC(=O)c2ccc(Br)cc2)cc1. The van der Waals surface area contributed by atoms with Crippen molar-refractivity contribution in [3.05, 3.63) is 69.7 Å². The molecule has 0 amide bonds. The number of Topliss-reactive ketones (excluding diaryl/α,β-unsaturated/α-hetero) is 2. The van der Waals surface area contributed by atoms with Crippen LogP contribution in [-0.2, 0) is 11.2 Å². The molecule has 0 saturated heterocycles. The van der Waals surface area contributed by atoms with Gasteiger partial charge in [-0.05, 0) is 24.6 Å². The van der Waals surface area contributed by atoms with Crippen molar-refractivity contribution in [2.24, 2.45) is 0 Å². The number of benzene rings is 2. The minimum atomic E-state index is -0.130. The van der Waals surface area contributed by atoms with Gasteiger partial charge in [-0.3, -0.25) is 9.59 Å². The summed E-state index contributed by atoms with van der Waals surface area (Å²) in [5, 5.41) is 0. The zero-order valence-electron chi connectivity index (χ0n) is 11.2. The average Bonchev–Trinajstić information content (AvgIpc) is 2.42. The van der Waals surface area contributed by atoms with Gasteiger partial charge >= 0.3 is 0 Å². The zero-order chi connectivity index (χ0) is 14.5. The Morgan fingerprint density at radius 1 is 0.950 bits per heavy atom. The molecule has 0 radical (unpaired) electrons. The predicted molar refractivity (Wildman–Crippen MR) is 83.0 cm³/mol. The van der Waals surface area contributed by atoms with Gasteiger partial charge < -0.3 is 0 Å². The first kappa shape index (κ1) is 14.7. The van der Waals surface area contributed by atoms with Gasteiger partial charge in [-0.15, -0.1) is 0 Å². The van der Waals surface area contributed by atoms with Gasteiger partial charge in [0.2, 0.25) is 0 Å². The number of hydrogen-bond acceptors (Lipinski definition) is 2. The summed E-state index contributed by atoms with van der Waals surface area (Å²) < 4.78 is 0.917. The third kappa shape index (κ3) is 4.14. The van der Waals surface area contributed by atoms with Gasteiger partial charge in [0.1, 0.15) is 5.78 Å². The molecule has 2 rings (SSSR count). The number of hydrogen-bond donors (Lipinski definition) is 0. The molecule has 20 heavy (non-hydrogen) atoms. The summed E-state index contributed by atoms with van der Waals surface area (Å²) in [5.41, 5.74) is 2.68. The van der Waals surface area contributed by atoms with Gasteiger partial charge in [0.25, 0.3) is 0 Å². The lowest BCUT2D eigenvalue weighted by atomic mass is 10.0. The Bertz CT molecular complexity index is 612. The first-order chi connectivity index (χ1) is 9.54. The molecule has 0 aromatic heterocycles. The van der Waals surface area contributed by atoms with Crippen LogP contribution >= 0.6 is 15.9 Å². The molecule has 2 aromatic rings. The van der Waals surface area contributed by atoms with Gasteiger partial charge in [-0.2, -0.15) is 0 Å². The lowest BCUT2D eigenvalue weighted by Gasteiger charge is -2.03. The topological polar surface area (TPSA) is 34.1 Å². The van der Waals surface area contributed by atoms with Crippen LogP contribution in [0.2, 0.25) is 0 Å². The third-order valence-electron chi connectivity index (χ3n) is 3.05. The number of aryl methyl sites for hydroxylation is 1. The maximum Gasteiger partial charge on any atom is 0.170 e. The highest BCUT2D eigenvalue weighted by Gasteiger charge is 2.12. The summed E-state index contributed by atoms with van der Waals surface area (Å²) in [4.78, 5) is 23.9. The summed E-state index contributed by atoms with van der Waals surface area (Å²) in [6, 6.07) is 14.9. The van der Waals surface area contributed by atoms with E-state index in [2.05, 4.69) is 15.9 Å². The van der Waals surface area contributed by atoms with Gasteiger partial charge in [0.05, 0.1) is 6.42 Å². The molecule has 0 atom stereocenters. The van der Waals surface area contributed by atoms with E-state index in [0.29, 0.717) is 12.0 Å². The van der Waals surface area contributed by atoms with Crippen LogP contribution in [0.5, 0.6) is 0 Å². The Kier molecular flexibility index (Phi) is 4.85. The number of ketones is 2. The highest BCUT2D eigenvalue weighted by atomic mass is 79.9. The van der Waals surface area contributed by atoms with E-state index in [-0.39, 0.29) is 18.0 Å². The van der Waals surface area contributed by atoms with Crippen LogP contribution in [0.3, 0.4) is 0 Å². The molecule has 2 aromatic carbocycles. The van der Waals surface area contributed by atoms with Crippen LogP contribution in [0.4, 0.5) is 0 Å². The van der Waals surface area contributed by atoms with Crippen LogP contribution in [0.1, 0.15) is 27.9 Å². The quantitative estimate of drug-likeness (QED) is 0.609. The van der Waals surface area contributed by atoms with E-state index < -0.39 is 0 Å². The van der Waals surface area contributed by atoms with Crippen LogP contribution < -0.4 is 0 Å². The molecule has 0 aliphatic heterocycles. The maximum absolute atomic E-state index is 12.0. The second-order valence-corrected chi connectivity index (χ2v) is 5.72. The Balaban J connectivity index is 1.95. The van der Waals surface area contributed by atoms with Crippen molar-refractivity contribution < 1.29 is 9.59 Å². The first-order valence-electron chi connectivity index (χ1n) is 6.40. The number of carbonyl (C=O) groups is 2. The number of rotatable bonds is 5. The highest BCUT2D eigenvalue weighted by molar-refractivity contribution is 9.10. The molecule has 0 aliphatic carbocycles. The summed E-state index contributed by atoms with van der Waals surface area (Å²) >= 11 is 3.32. The van der Waals surface area contributed by atoms with Crippen LogP contribution in [0.25, 0.3) is 0 Å². The van der Waals surface area contributed by atoms with Crippen molar-refractivity contribution >= 4 is 27.5 Å². The Labute approximate surface area is 127 Å². The van der Waals surface area contributed by atoms with Crippen LogP contribution in [-0.4, -0.2) is 11.6 Å². The zero-order valence-corrected chi connectivity index (χ0v) is 12.8. The molecule has 0 bridgehead atoms. The highest BCUT2D eigenvalue weighted by Crippen LogP contribution is 2.13. The molecule has 0 N–H and O–H groups in total. The molecule has 0 spiro atoms. The summed E-state index contributed by atoms with van der Waals surface area (Å²) in [6.07, 6.45) is 0.262. The molecule has 0 fully saturated rings. The summed E-state index contributed by atoms with van der Waals surface area (Å²) in [5.74, 6) is -0.184. The normalized spacial score (nSPS) is 10.3. The van der Waals surface area contributed by atoms with Crippen molar-refractivity contribution in [3.8, 4) is 0 Å². The Morgan fingerprint density at radius 2 is 1.55 bits per heavy atom. The molecular weight excluding hydrogens is 316 g/mol. The maximum atomic E-state index is 12.0. The van der Waals surface area contributed by atoms with Crippen molar-refractivity contribution in [2.45, 2.75) is 19.8 Å². The smallest absolute Gasteiger partial charge is 0.170 e. The average molecular weight is 331 g/mol. The van der Waals surface area contributed by atoms with E-state index in [1.165, 1.54) is 0 Å². The molecule has 0 aliphatic rings. The van der Waals surface area contributed by atoms with Crippen molar-refractivity contribution in [3.63, 3.8) is 0 Å². The Morgan fingerprint density at radius 3 is 2.15 bits per heavy atom. The van der Waals surface area contributed by atoms with E-state index in [1.807, 2.05) is 31.2 Å². The Hall–Kier alpha value is -1.74. The fourth-order valence-corrected chi connectivity index (χ4v) is 2.18. The van der Waals surface area contributed by atoms with Gasteiger partial charge in [-0.1, -0.05) is 57.9 Å². The fraction of sp³-hybridized carbons (Fsp3) is 0.176. The van der Waals surface area contributed by atoms with Crippen molar-refractivity contribution in [2.75, 3.05) is 0 Å². The number of carbonyl (C=O) groups excluding carboxylic acids is 2. The van der Waals surface area contributed by atoms with Crippen LogP contribution in [0.15, 0.2) is 53.0 Å². The van der Waals surface area contributed by atoms with E-state index in [0.717, 1.165) is 15.6 Å². The predicted octanol–water partition coefficient (Wildman–Crippen LogP) is 4.14. The monoisotopic (exact) mass is 330 g/mol. The molecule has 0 saturated carbocycles. The summed E-state index contributed by atoms with van der Waals surface area (Å²) in [7, 11) is 0. The van der Waals surface area contributed by atoms with Crippen LogP contribution in [0, 0.1) is 6.92 Å². The molecule has 2 nitrogen and oxygen atoms in total. The summed E-state index contributed by atoms with van der Waals surface area (Å²) in [6.45, 7) is 2.00. The van der Waals surface area contributed by atoms with E-state index >= 15 is 0 Å². The van der Waals surface area contributed by atoms with E-state index in [1.54, 1.807) is 24.3 Å². The number of halogens is 1. The van der Waals surface area contributed by atoms with E-state index in [4.69, 9.17) is 0 Å². The fourth-order valence-electron chi connectivity index (χ4n) is 1.91. The largest absolute Gasteiger partial charge is 0.299 e. The minimum absolute atomic E-state index is 0.0461. The molecular formula is C17H15BrO2. The third-order valence-corrected chi connectivity index (χ3v) is 3.57. The second-order valence-electron chi connectivity index (χ2n) is 4.81. The van der Waals surface area contributed by atoms with E-state index in [9.17, 15) is 9.59 Å². The van der Waals surface area contributed by atoms with Gasteiger partial charge in [0.15, 0.2) is 5.78 Å². The first-order valence-corrected chi connectivity index (χ1v) is 7.20. The molecule has 0 unspecified atom stereocenters. The van der Waals surface area contributed by atoms with Crippen molar-refractivity contribution in [1.29, 1.82) is 0 Å². The van der Waals surface area contributed by atoms with Gasteiger partial charge in [-0.25, -0.2) is 0 Å². The molecule has 102 valence electrons. The molecule has 0 heterocycles. The second kappa shape index (κ2) is 6.62. The van der Waals surface area contributed by atoms with Crippen molar-refractivity contribution in [1.82, 2.24) is 0 Å². The lowest BCUT2D eigenvalue weighted by molar-refractivity contribution is -0.117. The standard InChI is InChI=1S/C17H15BrO2/c1-12-2-4-13(5-3-12)10-16(19)11-17(20)14-6-8-15(18)9-7-14/h2-9H,10-11H2,1H3. The lowest BCUT2D eigenvalue weighted by Crippen LogP contribution is -2.10. The van der Waals surface area contributed by atoms with Gasteiger partial charge in [0, 0.05) is 16.5 Å².